The van der Waals surface area contributed by atoms with Crippen molar-refractivity contribution in [2.24, 2.45) is 0 Å². The van der Waals surface area contributed by atoms with E-state index in [2.05, 4.69) is 29.1 Å². The molecule has 0 aliphatic carbocycles. The van der Waals surface area contributed by atoms with Crippen molar-refractivity contribution in [3.8, 4) is 0 Å². The van der Waals surface area contributed by atoms with Crippen LogP contribution in [0.4, 0.5) is 11.4 Å². The Balaban J connectivity index is 1.91. The normalized spacial score (nSPS) is 20.4. The highest BCUT2D eigenvalue weighted by Crippen LogP contribution is 2.18. The number of aryl methyl sites for hydroxylation is 1. The summed E-state index contributed by atoms with van der Waals surface area (Å²) in [5.41, 5.74) is 8.28. The molecule has 116 valence electrons. The van der Waals surface area contributed by atoms with Crippen molar-refractivity contribution in [1.29, 1.82) is 0 Å². The number of hydrogen-bond donors (Lipinski definition) is 2. The third kappa shape index (κ3) is 4.19. The van der Waals surface area contributed by atoms with Crippen LogP contribution in [-0.4, -0.2) is 55.0 Å². The van der Waals surface area contributed by atoms with Crippen molar-refractivity contribution >= 4 is 17.3 Å². The Hall–Kier alpha value is -1.59. The number of amides is 1. The van der Waals surface area contributed by atoms with Gasteiger partial charge in [0.2, 0.25) is 5.91 Å². The van der Waals surface area contributed by atoms with E-state index < -0.39 is 0 Å². The molecule has 1 saturated heterocycles. The number of piperazine rings is 1. The second-order valence-corrected chi connectivity index (χ2v) is 5.90. The highest BCUT2D eigenvalue weighted by Gasteiger charge is 2.24. The number of anilines is 2. The maximum Gasteiger partial charge on any atom is 0.238 e. The molecule has 5 nitrogen and oxygen atoms in total. The number of carbonyl (C=O) groups excluding carboxylic acids is 1. The maximum absolute atomic E-state index is 12.2. The highest BCUT2D eigenvalue weighted by molar-refractivity contribution is 5.93. The van der Waals surface area contributed by atoms with E-state index in [0.29, 0.717) is 18.3 Å². The van der Waals surface area contributed by atoms with Crippen LogP contribution in [0.5, 0.6) is 0 Å². The average Bonchev–Trinajstić information content (AvgIpc) is 2.45. The number of nitrogens with two attached hydrogens (primary N) is 1. The van der Waals surface area contributed by atoms with Gasteiger partial charge in [0.1, 0.15) is 0 Å². The summed E-state index contributed by atoms with van der Waals surface area (Å²) in [7, 11) is 2.15. The molecule has 21 heavy (non-hydrogen) atoms. The van der Waals surface area contributed by atoms with Crippen LogP contribution in [0.1, 0.15) is 18.9 Å². The first-order valence-electron chi connectivity index (χ1n) is 7.58. The molecule has 1 aromatic carbocycles. The number of likely N-dealkylation sites (N-methyl/N-ethyl adjacent to an activating group) is 1. The first-order chi connectivity index (χ1) is 9.99. The van der Waals surface area contributed by atoms with Gasteiger partial charge >= 0.3 is 0 Å². The molecular formula is C16H26N4O. The third-order valence-electron chi connectivity index (χ3n) is 4.24. The molecule has 2 rings (SSSR count). The largest absolute Gasteiger partial charge is 0.399 e. The Bertz CT molecular complexity index is 503. The molecule has 0 aromatic heterocycles. The summed E-state index contributed by atoms with van der Waals surface area (Å²) in [4.78, 5) is 16.8. The molecule has 1 unspecified atom stereocenters. The van der Waals surface area contributed by atoms with Crippen LogP contribution in [0.15, 0.2) is 18.2 Å². The first-order valence-corrected chi connectivity index (χ1v) is 7.58. The fraction of sp³-hybridized carbons (Fsp3) is 0.562. The molecule has 1 heterocycles. The monoisotopic (exact) mass is 290 g/mol. The minimum Gasteiger partial charge on any atom is -0.399 e. The fourth-order valence-electron chi connectivity index (χ4n) is 2.76. The van der Waals surface area contributed by atoms with Gasteiger partial charge in [-0.25, -0.2) is 0 Å². The predicted molar refractivity (Wildman–Crippen MR) is 87.4 cm³/mol. The number of hydrogen-bond acceptors (Lipinski definition) is 4. The standard InChI is InChI=1S/C16H26N4O/c1-4-14-10-20(8-7-19(14)3)11-16(21)18-15-9-13(17)6-5-12(15)2/h5-6,9,14H,4,7-8,10-11,17H2,1-3H3,(H,18,21). The Morgan fingerprint density at radius 3 is 2.90 bits per heavy atom. The number of carbonyl (C=O) groups is 1. The van der Waals surface area contributed by atoms with Crippen LogP contribution in [0, 0.1) is 6.92 Å². The van der Waals surface area contributed by atoms with E-state index in [9.17, 15) is 4.79 Å². The lowest BCUT2D eigenvalue weighted by atomic mass is 10.1. The van der Waals surface area contributed by atoms with E-state index in [0.717, 1.165) is 37.3 Å². The van der Waals surface area contributed by atoms with Crippen molar-refractivity contribution < 1.29 is 4.79 Å². The van der Waals surface area contributed by atoms with Crippen LogP contribution in [0.2, 0.25) is 0 Å². The zero-order valence-electron chi connectivity index (χ0n) is 13.2. The van der Waals surface area contributed by atoms with Crippen LogP contribution in [0.25, 0.3) is 0 Å². The summed E-state index contributed by atoms with van der Waals surface area (Å²) in [6, 6.07) is 6.12. The van der Waals surface area contributed by atoms with E-state index in [4.69, 9.17) is 5.73 Å². The summed E-state index contributed by atoms with van der Waals surface area (Å²) < 4.78 is 0. The number of nitrogens with zero attached hydrogens (tertiary/aromatic N) is 2. The van der Waals surface area contributed by atoms with E-state index in [-0.39, 0.29) is 5.91 Å². The lowest BCUT2D eigenvalue weighted by Crippen LogP contribution is -2.52. The number of nitrogens with one attached hydrogen (secondary N) is 1. The topological polar surface area (TPSA) is 61.6 Å². The Labute approximate surface area is 127 Å². The zero-order chi connectivity index (χ0) is 15.4. The average molecular weight is 290 g/mol. The van der Waals surface area contributed by atoms with Crippen LogP contribution in [0.3, 0.4) is 0 Å². The lowest BCUT2D eigenvalue weighted by molar-refractivity contribution is -0.118. The van der Waals surface area contributed by atoms with Crippen molar-refractivity contribution in [3.63, 3.8) is 0 Å². The molecule has 1 atom stereocenters. The minimum absolute atomic E-state index is 0.0307. The maximum atomic E-state index is 12.2. The molecule has 3 N–H and O–H groups in total. The van der Waals surface area contributed by atoms with Crippen LogP contribution < -0.4 is 11.1 Å². The molecule has 1 aliphatic heterocycles. The first kappa shape index (κ1) is 15.8. The van der Waals surface area contributed by atoms with E-state index in [1.807, 2.05) is 25.1 Å². The van der Waals surface area contributed by atoms with Crippen LogP contribution >= 0.6 is 0 Å². The van der Waals surface area contributed by atoms with Gasteiger partial charge in [0.25, 0.3) is 0 Å². The van der Waals surface area contributed by atoms with Crippen LogP contribution in [-0.2, 0) is 4.79 Å². The second-order valence-electron chi connectivity index (χ2n) is 5.90. The summed E-state index contributed by atoms with van der Waals surface area (Å²) in [5, 5.41) is 2.97. The van der Waals surface area contributed by atoms with Gasteiger partial charge in [-0.2, -0.15) is 0 Å². The SMILES string of the molecule is CCC1CN(CC(=O)Nc2cc(N)ccc2C)CCN1C. The predicted octanol–water partition coefficient (Wildman–Crippen LogP) is 1.54. The van der Waals surface area contributed by atoms with Gasteiger partial charge in [0.15, 0.2) is 0 Å². The molecule has 1 aromatic rings. The quantitative estimate of drug-likeness (QED) is 0.826. The third-order valence-corrected chi connectivity index (χ3v) is 4.24. The van der Waals surface area contributed by atoms with Gasteiger partial charge in [0.05, 0.1) is 6.54 Å². The summed E-state index contributed by atoms with van der Waals surface area (Å²) >= 11 is 0. The molecule has 1 amide bonds. The van der Waals surface area contributed by atoms with Gasteiger partial charge in [-0.1, -0.05) is 13.0 Å². The number of rotatable bonds is 4. The Morgan fingerprint density at radius 2 is 2.19 bits per heavy atom. The summed E-state index contributed by atoms with van der Waals surface area (Å²) in [5.74, 6) is 0.0307. The second kappa shape index (κ2) is 6.91. The molecule has 1 aliphatic rings. The van der Waals surface area contributed by atoms with Crippen molar-refractivity contribution in [1.82, 2.24) is 9.80 Å². The molecular weight excluding hydrogens is 264 g/mol. The Morgan fingerprint density at radius 1 is 1.43 bits per heavy atom. The van der Waals surface area contributed by atoms with E-state index in [1.165, 1.54) is 0 Å². The molecule has 0 saturated carbocycles. The zero-order valence-corrected chi connectivity index (χ0v) is 13.2. The van der Waals surface area contributed by atoms with Crippen molar-refractivity contribution in [3.05, 3.63) is 23.8 Å². The molecule has 0 bridgehead atoms. The van der Waals surface area contributed by atoms with Gasteiger partial charge in [-0.15, -0.1) is 0 Å². The number of nitrogen functional groups attached to an aromatic ring is 1. The lowest BCUT2D eigenvalue weighted by Gasteiger charge is -2.38. The fourth-order valence-corrected chi connectivity index (χ4v) is 2.76. The summed E-state index contributed by atoms with van der Waals surface area (Å²) in [6.07, 6.45) is 1.11. The smallest absolute Gasteiger partial charge is 0.238 e. The highest BCUT2D eigenvalue weighted by atomic mass is 16.2. The number of benzene rings is 1. The van der Waals surface area contributed by atoms with Crippen molar-refractivity contribution in [2.75, 3.05) is 44.3 Å². The van der Waals surface area contributed by atoms with Gasteiger partial charge < -0.3 is 16.0 Å². The van der Waals surface area contributed by atoms with E-state index >= 15 is 0 Å². The Kier molecular flexibility index (Phi) is 5.20. The van der Waals surface area contributed by atoms with E-state index in [1.54, 1.807) is 0 Å². The summed E-state index contributed by atoms with van der Waals surface area (Å²) in [6.45, 7) is 7.52. The van der Waals surface area contributed by atoms with Crippen molar-refractivity contribution in [2.45, 2.75) is 26.3 Å². The van der Waals surface area contributed by atoms with Gasteiger partial charge in [-0.05, 0) is 38.1 Å². The molecule has 0 radical (unpaired) electrons. The van der Waals surface area contributed by atoms with Gasteiger partial charge in [-0.3, -0.25) is 9.69 Å². The molecule has 5 heteroatoms. The minimum atomic E-state index is 0.0307. The molecule has 1 fully saturated rings. The van der Waals surface area contributed by atoms with Gasteiger partial charge in [0, 0.05) is 37.1 Å². The molecule has 0 spiro atoms.